The van der Waals surface area contributed by atoms with Crippen LogP contribution in [-0.2, 0) is 4.74 Å². The lowest BCUT2D eigenvalue weighted by Gasteiger charge is -2.34. The van der Waals surface area contributed by atoms with Gasteiger partial charge in [0.25, 0.3) is 0 Å². The average Bonchev–Trinajstić information content (AvgIpc) is 2.74. The molecule has 19 heavy (non-hydrogen) atoms. The summed E-state index contributed by atoms with van der Waals surface area (Å²) in [6.45, 7) is 9.10. The number of aryl methyl sites for hydroxylation is 1. The van der Waals surface area contributed by atoms with E-state index in [0.717, 1.165) is 25.1 Å². The summed E-state index contributed by atoms with van der Waals surface area (Å²) in [6.07, 6.45) is 3.81. The molecule has 0 aromatic carbocycles. The Balaban J connectivity index is 1.99. The first kappa shape index (κ1) is 13.9. The van der Waals surface area contributed by atoms with Crippen molar-refractivity contribution in [3.8, 4) is 0 Å². The molecule has 1 saturated heterocycles. The van der Waals surface area contributed by atoms with Gasteiger partial charge in [-0.1, -0.05) is 0 Å². The predicted octanol–water partition coefficient (Wildman–Crippen LogP) is 2.76. The Morgan fingerprint density at radius 2 is 2.21 bits per heavy atom. The molecule has 2 rings (SSSR count). The molecule has 106 valence electrons. The first-order valence-electron chi connectivity index (χ1n) is 6.85. The Morgan fingerprint density at radius 1 is 1.47 bits per heavy atom. The van der Waals surface area contributed by atoms with E-state index in [4.69, 9.17) is 4.74 Å². The lowest BCUT2D eigenvalue weighted by molar-refractivity contribution is 0.0167. The lowest BCUT2D eigenvalue weighted by Crippen LogP contribution is -2.43. The molecule has 0 radical (unpaired) electrons. The summed E-state index contributed by atoms with van der Waals surface area (Å²) >= 11 is 0. The molecule has 2 heterocycles. The zero-order valence-corrected chi connectivity index (χ0v) is 12.2. The zero-order chi connectivity index (χ0) is 14.0. The van der Waals surface area contributed by atoms with Gasteiger partial charge in [0.15, 0.2) is 0 Å². The van der Waals surface area contributed by atoms with Gasteiger partial charge in [-0.05, 0) is 46.6 Å². The van der Waals surface area contributed by atoms with Crippen LogP contribution in [0.1, 0.15) is 45.3 Å². The van der Waals surface area contributed by atoms with Crippen LogP contribution in [0.15, 0.2) is 12.3 Å². The fourth-order valence-electron chi connectivity index (χ4n) is 2.30. The molecule has 1 amide bonds. The summed E-state index contributed by atoms with van der Waals surface area (Å²) in [5.41, 5.74) is 0.571. The molecule has 1 aromatic rings. The van der Waals surface area contributed by atoms with Crippen molar-refractivity contribution in [3.05, 3.63) is 18.0 Å². The number of nitrogens with zero attached hydrogens (tertiary/aromatic N) is 3. The Labute approximate surface area is 114 Å². The summed E-state index contributed by atoms with van der Waals surface area (Å²) < 4.78 is 7.39. The number of likely N-dealkylation sites (tertiary alicyclic amines) is 1. The summed E-state index contributed by atoms with van der Waals surface area (Å²) in [5.74, 6) is 0. The van der Waals surface area contributed by atoms with Gasteiger partial charge < -0.3 is 9.64 Å². The SMILES string of the molecule is Cc1ccn(C2CCCN(C(=O)OC(C)(C)C)C2)n1. The van der Waals surface area contributed by atoms with Gasteiger partial charge in [0.05, 0.1) is 11.7 Å². The van der Waals surface area contributed by atoms with E-state index in [9.17, 15) is 4.79 Å². The summed E-state index contributed by atoms with van der Waals surface area (Å²) in [5, 5.41) is 4.44. The van der Waals surface area contributed by atoms with E-state index < -0.39 is 5.60 Å². The molecule has 0 spiro atoms. The number of carbonyl (C=O) groups is 1. The number of carbonyl (C=O) groups excluding carboxylic acids is 1. The van der Waals surface area contributed by atoms with Crippen molar-refractivity contribution in [3.63, 3.8) is 0 Å². The van der Waals surface area contributed by atoms with Crippen molar-refractivity contribution >= 4 is 6.09 Å². The average molecular weight is 265 g/mol. The molecule has 0 N–H and O–H groups in total. The maximum atomic E-state index is 12.1. The third-order valence-corrected chi connectivity index (χ3v) is 3.16. The fourth-order valence-corrected chi connectivity index (χ4v) is 2.30. The highest BCUT2D eigenvalue weighted by atomic mass is 16.6. The van der Waals surface area contributed by atoms with Gasteiger partial charge in [-0.25, -0.2) is 4.79 Å². The van der Waals surface area contributed by atoms with Gasteiger partial charge in [0.2, 0.25) is 0 Å². The third kappa shape index (κ3) is 3.72. The van der Waals surface area contributed by atoms with E-state index in [1.54, 1.807) is 4.90 Å². The molecule has 0 aliphatic carbocycles. The number of hydrogen-bond donors (Lipinski definition) is 0. The molecule has 1 aliphatic rings. The predicted molar refractivity (Wildman–Crippen MR) is 73.0 cm³/mol. The molecule has 1 fully saturated rings. The second-order valence-corrected chi connectivity index (χ2v) is 6.16. The highest BCUT2D eigenvalue weighted by molar-refractivity contribution is 5.68. The van der Waals surface area contributed by atoms with E-state index >= 15 is 0 Å². The molecule has 5 heteroatoms. The van der Waals surface area contributed by atoms with Gasteiger partial charge >= 0.3 is 6.09 Å². The van der Waals surface area contributed by atoms with Crippen LogP contribution >= 0.6 is 0 Å². The number of rotatable bonds is 1. The topological polar surface area (TPSA) is 47.4 Å². The van der Waals surface area contributed by atoms with Crippen LogP contribution in [0.2, 0.25) is 0 Å². The second-order valence-electron chi connectivity index (χ2n) is 6.16. The van der Waals surface area contributed by atoms with Crippen molar-refractivity contribution in [2.75, 3.05) is 13.1 Å². The van der Waals surface area contributed by atoms with Crippen LogP contribution in [-0.4, -0.2) is 39.5 Å². The minimum Gasteiger partial charge on any atom is -0.444 e. The standard InChI is InChI=1S/C14H23N3O2/c1-11-7-9-17(15-11)12-6-5-8-16(10-12)13(18)19-14(2,3)4/h7,9,12H,5-6,8,10H2,1-4H3. The first-order valence-corrected chi connectivity index (χ1v) is 6.85. The Kier molecular flexibility index (Phi) is 3.83. The zero-order valence-electron chi connectivity index (χ0n) is 12.2. The quantitative estimate of drug-likeness (QED) is 0.784. The summed E-state index contributed by atoms with van der Waals surface area (Å²) in [4.78, 5) is 13.9. The molecule has 1 unspecified atom stereocenters. The number of aromatic nitrogens is 2. The normalized spacial score (nSPS) is 20.4. The number of hydrogen-bond acceptors (Lipinski definition) is 3. The van der Waals surface area contributed by atoms with Crippen molar-refractivity contribution in [1.82, 2.24) is 14.7 Å². The molecule has 0 saturated carbocycles. The van der Waals surface area contributed by atoms with Crippen LogP contribution in [0, 0.1) is 6.92 Å². The van der Waals surface area contributed by atoms with Gasteiger partial charge in [-0.15, -0.1) is 0 Å². The van der Waals surface area contributed by atoms with Gasteiger partial charge in [0.1, 0.15) is 5.60 Å². The van der Waals surface area contributed by atoms with Crippen LogP contribution in [0.5, 0.6) is 0 Å². The van der Waals surface area contributed by atoms with Crippen LogP contribution in [0.25, 0.3) is 0 Å². The number of piperidine rings is 1. The molecule has 5 nitrogen and oxygen atoms in total. The van der Waals surface area contributed by atoms with Crippen LogP contribution < -0.4 is 0 Å². The number of amides is 1. The molecule has 1 atom stereocenters. The van der Waals surface area contributed by atoms with Crippen molar-refractivity contribution in [2.45, 2.75) is 52.2 Å². The molecule has 1 aliphatic heterocycles. The van der Waals surface area contributed by atoms with Gasteiger partial charge in [-0.3, -0.25) is 4.68 Å². The third-order valence-electron chi connectivity index (χ3n) is 3.16. The van der Waals surface area contributed by atoms with E-state index in [-0.39, 0.29) is 12.1 Å². The second kappa shape index (κ2) is 5.23. The molecule has 0 bridgehead atoms. The first-order chi connectivity index (χ1) is 8.85. The minimum atomic E-state index is -0.438. The Bertz CT molecular complexity index is 448. The number of ether oxygens (including phenoxy) is 1. The molecular formula is C14H23N3O2. The fraction of sp³-hybridized carbons (Fsp3) is 0.714. The van der Waals surface area contributed by atoms with Crippen molar-refractivity contribution in [2.24, 2.45) is 0 Å². The van der Waals surface area contributed by atoms with Crippen molar-refractivity contribution in [1.29, 1.82) is 0 Å². The van der Waals surface area contributed by atoms with Gasteiger partial charge in [-0.2, -0.15) is 5.10 Å². The highest BCUT2D eigenvalue weighted by Crippen LogP contribution is 2.22. The van der Waals surface area contributed by atoms with Crippen LogP contribution in [0.3, 0.4) is 0 Å². The van der Waals surface area contributed by atoms with Crippen LogP contribution in [0.4, 0.5) is 4.79 Å². The molecule has 1 aromatic heterocycles. The van der Waals surface area contributed by atoms with E-state index in [1.165, 1.54) is 0 Å². The van der Waals surface area contributed by atoms with E-state index in [0.29, 0.717) is 6.54 Å². The summed E-state index contributed by atoms with van der Waals surface area (Å²) in [6, 6.07) is 2.25. The Hall–Kier alpha value is -1.52. The lowest BCUT2D eigenvalue weighted by atomic mass is 10.1. The van der Waals surface area contributed by atoms with Gasteiger partial charge in [0, 0.05) is 19.3 Å². The Morgan fingerprint density at radius 3 is 2.79 bits per heavy atom. The minimum absolute atomic E-state index is 0.221. The van der Waals surface area contributed by atoms with E-state index in [2.05, 4.69) is 5.10 Å². The monoisotopic (exact) mass is 265 g/mol. The molecular weight excluding hydrogens is 242 g/mol. The maximum absolute atomic E-state index is 12.1. The highest BCUT2D eigenvalue weighted by Gasteiger charge is 2.28. The maximum Gasteiger partial charge on any atom is 0.410 e. The van der Waals surface area contributed by atoms with Crippen molar-refractivity contribution < 1.29 is 9.53 Å². The summed E-state index contributed by atoms with van der Waals surface area (Å²) in [7, 11) is 0. The largest absolute Gasteiger partial charge is 0.444 e. The smallest absolute Gasteiger partial charge is 0.410 e. The van der Waals surface area contributed by atoms with E-state index in [1.807, 2.05) is 44.6 Å².